The lowest BCUT2D eigenvalue weighted by Gasteiger charge is -2.46. The highest BCUT2D eigenvalue weighted by Crippen LogP contribution is 2.62. The summed E-state index contributed by atoms with van der Waals surface area (Å²) in [5.74, 6) is 0. The molecule has 78 heavy (non-hydrogen) atoms. The van der Waals surface area contributed by atoms with Gasteiger partial charge in [0.2, 0.25) is 0 Å². The minimum absolute atomic E-state index is 0.161. The summed E-state index contributed by atoms with van der Waals surface area (Å²) < 4.78 is 2.42. The van der Waals surface area contributed by atoms with Crippen molar-refractivity contribution in [1.82, 2.24) is 4.57 Å². The van der Waals surface area contributed by atoms with Crippen molar-refractivity contribution in [3.8, 4) is 61.3 Å². The molecule has 1 heterocycles. The fourth-order valence-corrected chi connectivity index (χ4v) is 13.7. The van der Waals surface area contributed by atoms with E-state index in [1.807, 2.05) is 0 Å². The Hall–Kier alpha value is -9.76. The molecule has 13 aromatic rings. The van der Waals surface area contributed by atoms with Gasteiger partial charge in [-0.1, -0.05) is 250 Å². The van der Waals surface area contributed by atoms with E-state index in [4.69, 9.17) is 0 Å². The zero-order chi connectivity index (χ0) is 52.0. The fraction of sp³-hybridized carbons (Fsp3) is 0.0526. The Bertz CT molecular complexity index is 4410. The van der Waals surface area contributed by atoms with Gasteiger partial charge in [0.25, 0.3) is 0 Å². The first-order chi connectivity index (χ1) is 38.5. The third-order valence-electron chi connectivity index (χ3n) is 17.1. The summed E-state index contributed by atoms with van der Waals surface area (Å²) in [6.45, 7) is 4.79. The monoisotopic (exact) mass is 994 g/mol. The second-order valence-electron chi connectivity index (χ2n) is 21.5. The standard InChI is InChI=1S/C76H54N2/c1-75(2)67-35-17-19-37-69(67)76(70-38-20-18-36-68(70)75)66-34-16-13-31-61(66)62-47-43-53(49-71(62)76)51-41-44-55(45-42-51)77(56-46-48-65-64-33-15-22-40-73(64)78(74(65)50-56)54-25-7-4-8-26-54)72-39-21-14-32-63(72)60-30-12-11-29-59(60)58-28-10-9-27-57(58)52-23-5-3-6-24-52/h3-50H,1-2H3. The third kappa shape index (κ3) is 6.83. The molecule has 0 radical (unpaired) electrons. The lowest BCUT2D eigenvalue weighted by molar-refractivity contribution is 0.563. The number of anilines is 3. The number of hydrogen-bond donors (Lipinski definition) is 0. The molecule has 0 aliphatic heterocycles. The third-order valence-corrected chi connectivity index (χ3v) is 17.1. The van der Waals surface area contributed by atoms with Crippen molar-refractivity contribution >= 4 is 38.9 Å². The molecule has 0 saturated heterocycles. The number of hydrogen-bond acceptors (Lipinski definition) is 1. The molecule has 1 aromatic heterocycles. The summed E-state index contributed by atoms with van der Waals surface area (Å²) in [6, 6.07) is 108. The van der Waals surface area contributed by atoms with Crippen LogP contribution in [0.5, 0.6) is 0 Å². The predicted octanol–water partition coefficient (Wildman–Crippen LogP) is 19.9. The molecule has 0 unspecified atom stereocenters. The van der Waals surface area contributed by atoms with Crippen LogP contribution >= 0.6 is 0 Å². The van der Waals surface area contributed by atoms with E-state index in [0.29, 0.717) is 0 Å². The summed E-state index contributed by atoms with van der Waals surface area (Å²) >= 11 is 0. The highest BCUT2D eigenvalue weighted by atomic mass is 15.1. The van der Waals surface area contributed by atoms with Crippen molar-refractivity contribution in [3.63, 3.8) is 0 Å². The van der Waals surface area contributed by atoms with E-state index in [1.165, 1.54) is 99.7 Å². The predicted molar refractivity (Wildman–Crippen MR) is 327 cm³/mol. The average molecular weight is 995 g/mol. The number of nitrogens with zero attached hydrogens (tertiary/aromatic N) is 2. The summed E-state index contributed by atoms with van der Waals surface area (Å²) in [7, 11) is 0. The van der Waals surface area contributed by atoms with Gasteiger partial charge in [-0.2, -0.15) is 0 Å². The Labute approximate surface area is 456 Å². The minimum atomic E-state index is -0.468. The van der Waals surface area contributed by atoms with Crippen molar-refractivity contribution in [1.29, 1.82) is 0 Å². The van der Waals surface area contributed by atoms with Gasteiger partial charge in [-0.3, -0.25) is 0 Å². The molecule has 2 nitrogen and oxygen atoms in total. The van der Waals surface area contributed by atoms with E-state index in [0.717, 1.165) is 33.8 Å². The fourth-order valence-electron chi connectivity index (χ4n) is 13.7. The summed E-state index contributed by atoms with van der Waals surface area (Å²) in [5.41, 5.74) is 26.3. The van der Waals surface area contributed by atoms with Crippen LogP contribution in [0.25, 0.3) is 83.1 Å². The second-order valence-corrected chi connectivity index (χ2v) is 21.5. The van der Waals surface area contributed by atoms with Gasteiger partial charge in [0.1, 0.15) is 0 Å². The Morgan fingerprint density at radius 2 is 0.756 bits per heavy atom. The highest BCUT2D eigenvalue weighted by molar-refractivity contribution is 6.11. The zero-order valence-electron chi connectivity index (χ0n) is 43.6. The first-order valence-electron chi connectivity index (χ1n) is 27.3. The molecule has 15 rings (SSSR count). The molecule has 12 aromatic carbocycles. The number of para-hydroxylation sites is 3. The van der Waals surface area contributed by atoms with Crippen LogP contribution in [0.3, 0.4) is 0 Å². The molecular weight excluding hydrogens is 941 g/mol. The van der Waals surface area contributed by atoms with Crippen LogP contribution < -0.4 is 4.90 Å². The van der Waals surface area contributed by atoms with Gasteiger partial charge in [-0.05, 0) is 138 Å². The molecule has 368 valence electrons. The molecule has 2 aliphatic rings. The number of rotatable bonds is 8. The maximum atomic E-state index is 2.50. The zero-order valence-corrected chi connectivity index (χ0v) is 43.6. The number of aromatic nitrogens is 1. The van der Waals surface area contributed by atoms with Gasteiger partial charge in [0, 0.05) is 38.8 Å². The van der Waals surface area contributed by atoms with Crippen molar-refractivity contribution in [2.45, 2.75) is 24.7 Å². The van der Waals surface area contributed by atoms with Crippen LogP contribution in [0.2, 0.25) is 0 Å². The topological polar surface area (TPSA) is 8.17 Å². The molecule has 0 atom stereocenters. The van der Waals surface area contributed by atoms with Crippen LogP contribution in [0, 0.1) is 0 Å². The van der Waals surface area contributed by atoms with Crippen LogP contribution in [0.1, 0.15) is 47.2 Å². The molecule has 2 aliphatic carbocycles. The maximum absolute atomic E-state index is 2.50. The van der Waals surface area contributed by atoms with Crippen LogP contribution in [0.4, 0.5) is 17.1 Å². The van der Waals surface area contributed by atoms with Gasteiger partial charge in [0.15, 0.2) is 0 Å². The first kappa shape index (κ1) is 45.6. The van der Waals surface area contributed by atoms with Crippen molar-refractivity contribution in [3.05, 3.63) is 325 Å². The first-order valence-corrected chi connectivity index (χ1v) is 27.3. The lowest BCUT2D eigenvalue weighted by Crippen LogP contribution is -2.40. The Balaban J connectivity index is 0.922. The van der Waals surface area contributed by atoms with Crippen molar-refractivity contribution in [2.24, 2.45) is 0 Å². The molecule has 0 bridgehead atoms. The molecule has 0 saturated carbocycles. The summed E-state index contributed by atoms with van der Waals surface area (Å²) in [5, 5.41) is 2.45. The Morgan fingerprint density at radius 3 is 1.45 bits per heavy atom. The van der Waals surface area contributed by atoms with Crippen LogP contribution in [-0.2, 0) is 10.8 Å². The van der Waals surface area contributed by atoms with Gasteiger partial charge in [-0.25, -0.2) is 0 Å². The van der Waals surface area contributed by atoms with E-state index in [2.05, 4.69) is 315 Å². The number of benzene rings is 12. The Kier molecular flexibility index (Phi) is 10.5. The maximum Gasteiger partial charge on any atom is 0.0719 e. The van der Waals surface area contributed by atoms with Crippen molar-refractivity contribution in [2.75, 3.05) is 4.90 Å². The van der Waals surface area contributed by atoms with Gasteiger partial charge in [-0.15, -0.1) is 0 Å². The average Bonchev–Trinajstić information content (AvgIpc) is 4.14. The second kappa shape index (κ2) is 17.9. The van der Waals surface area contributed by atoms with E-state index in [1.54, 1.807) is 0 Å². The quantitative estimate of drug-likeness (QED) is 0.147. The van der Waals surface area contributed by atoms with E-state index in [-0.39, 0.29) is 5.41 Å². The normalized spacial score (nSPS) is 13.5. The van der Waals surface area contributed by atoms with Gasteiger partial charge in [0.05, 0.1) is 22.1 Å². The van der Waals surface area contributed by atoms with E-state index >= 15 is 0 Å². The molecule has 1 spiro atoms. The molecule has 0 fully saturated rings. The van der Waals surface area contributed by atoms with E-state index < -0.39 is 5.41 Å². The SMILES string of the molecule is CC1(C)c2ccccc2C2(c3ccccc3-c3ccc(-c4ccc(N(c5ccc6c7ccccc7n(-c7ccccc7)c6c5)c5ccccc5-c5ccccc5-c5ccccc5-c5ccccc5)cc4)cc32)c2ccccc21. The van der Waals surface area contributed by atoms with Gasteiger partial charge < -0.3 is 9.47 Å². The lowest BCUT2D eigenvalue weighted by atomic mass is 9.55. The highest BCUT2D eigenvalue weighted by Gasteiger charge is 2.53. The minimum Gasteiger partial charge on any atom is -0.310 e. The molecular formula is C76H54N2. The molecule has 2 heteroatoms. The van der Waals surface area contributed by atoms with Crippen LogP contribution in [-0.4, -0.2) is 4.57 Å². The summed E-state index contributed by atoms with van der Waals surface area (Å²) in [6.07, 6.45) is 0. The smallest absolute Gasteiger partial charge is 0.0719 e. The molecule has 0 N–H and O–H groups in total. The number of fused-ring (bicyclic) bond motifs is 12. The molecule has 0 amide bonds. The van der Waals surface area contributed by atoms with Gasteiger partial charge >= 0.3 is 0 Å². The van der Waals surface area contributed by atoms with E-state index in [9.17, 15) is 0 Å². The largest absolute Gasteiger partial charge is 0.310 e. The summed E-state index contributed by atoms with van der Waals surface area (Å²) in [4.78, 5) is 2.47. The van der Waals surface area contributed by atoms with Crippen molar-refractivity contribution < 1.29 is 0 Å². The van der Waals surface area contributed by atoms with Crippen LogP contribution in [0.15, 0.2) is 291 Å². The Morgan fingerprint density at radius 1 is 0.282 bits per heavy atom.